The standard InChI is InChI=1S/6C20H18NOSi.6Ir/c1-23(2,3)18-11-7-5-9-15(18)20-19-14-8-4-6-10-16(14)22-17(19)12-13-21-20;2*1-23(2,3)15-8-6-7-14(13-15)20-19-16-9-4-5-10-17(16)22-18(19)11-12-21-20;1-23(2,3)20-19-16(15-11-7-8-12-18(15)22-19)13-17(21-20)14-9-5-4-6-10-14;1-23(2,3)18-13-17-19(15-11-7-8-12-16(15)22-17)20(21-18)14-9-5-4-6-10-14;1-23(2,3)15-10-8-14(9-11-15)20-19-16-6-4-5-7-17(16)22-18(19)12-13-21-20;;;;;;/h4-8,10-13H,1-3H3;4-6,8-13H,1-3H3;4-12H,1-3H3;2*4-9,11-13H,1-3H3;4-8,10-13H,1-3H3;;;;;;/q6*-1;;;;;;. The maximum absolute atomic E-state index is 6.16. The molecular formula is C120H108Ir6N6O6Si6-6. The van der Waals surface area contributed by atoms with Gasteiger partial charge in [-0.15, -0.1) is 212 Å². The van der Waals surface area contributed by atoms with E-state index >= 15 is 0 Å². The Kier molecular flexibility index (Phi) is 35.3. The molecule has 0 aliphatic heterocycles. The van der Waals surface area contributed by atoms with Gasteiger partial charge in [0.1, 0.15) is 77.6 Å². The third-order valence-electron chi connectivity index (χ3n) is 24.9. The number of pyridine rings is 6. The Morgan fingerprint density at radius 1 is 0.236 bits per heavy atom. The van der Waals surface area contributed by atoms with Crippen LogP contribution >= 0.6 is 0 Å². The van der Waals surface area contributed by atoms with E-state index in [9.17, 15) is 0 Å². The first kappa shape index (κ1) is 111. The van der Waals surface area contributed by atoms with Crippen LogP contribution in [0.5, 0.6) is 0 Å². The van der Waals surface area contributed by atoms with Gasteiger partial charge in [-0.3, -0.25) is 0 Å². The van der Waals surface area contributed by atoms with Crippen LogP contribution in [0.1, 0.15) is 0 Å². The van der Waals surface area contributed by atoms with Gasteiger partial charge in [0.05, 0.1) is 21.5 Å². The van der Waals surface area contributed by atoms with Crippen molar-refractivity contribution in [3.8, 4) is 67.5 Å². The molecule has 6 radical (unpaired) electrons. The number of benzene rings is 12. The minimum absolute atomic E-state index is 0. The minimum Gasteiger partial charge on any atom is -0.457 e. The zero-order valence-corrected chi connectivity index (χ0v) is 104. The van der Waals surface area contributed by atoms with E-state index in [0.717, 1.165) is 210 Å². The fraction of sp³-hybridized carbons (Fsp3) is 0.150. The van der Waals surface area contributed by atoms with Crippen molar-refractivity contribution < 1.29 is 147 Å². The molecule has 0 unspecified atom stereocenters. The van der Waals surface area contributed by atoms with E-state index in [1.54, 1.807) is 6.20 Å². The summed E-state index contributed by atoms with van der Waals surface area (Å²) in [6, 6.07) is 123. The number of para-hydroxylation sites is 6. The first-order chi connectivity index (χ1) is 66.2. The fourth-order valence-electron chi connectivity index (χ4n) is 17.7. The van der Waals surface area contributed by atoms with Crippen molar-refractivity contribution in [2.24, 2.45) is 0 Å². The number of hydrogen-bond donors (Lipinski definition) is 0. The van der Waals surface area contributed by atoms with Gasteiger partial charge in [-0.05, 0) is 101 Å². The van der Waals surface area contributed by atoms with Crippen LogP contribution in [0.2, 0.25) is 118 Å². The van der Waals surface area contributed by atoms with Crippen LogP contribution in [0.25, 0.3) is 199 Å². The van der Waals surface area contributed by atoms with Gasteiger partial charge < -0.3 is 56.4 Å². The summed E-state index contributed by atoms with van der Waals surface area (Å²) in [6.45, 7) is 42.0. The van der Waals surface area contributed by atoms with Crippen molar-refractivity contribution in [1.82, 2.24) is 29.9 Å². The summed E-state index contributed by atoms with van der Waals surface area (Å²) in [6.07, 6.45) is 7.26. The SMILES string of the molecule is C[Si](C)(C)c1[c-]c(-c2nccc3oc4ccccc4c23)ccc1.C[Si](C)(C)c1c[c-]c(-c2nccc3oc4ccccc4c23)cc1.C[Si](C)(C)c1cc2oc3ccccc3c2c(-c2[c-]cccc2)n1.C[Si](C)(C)c1cc[c-]c(-c2nccc3oc4ccccc4c23)c1.C[Si](C)(C)c1ccc[c-]c1-c1nccc2oc3ccccc3c12.C[Si](C)(C)c1nc(-c2[c-]cccc2)cc2c1oc1ccccc12.[Ir].[Ir].[Ir].[Ir].[Ir].[Ir]. The Balaban J connectivity index is 0.000000144. The van der Waals surface area contributed by atoms with Gasteiger partial charge in [0.25, 0.3) is 0 Å². The van der Waals surface area contributed by atoms with Gasteiger partial charge in [-0.2, -0.15) is 0 Å². The van der Waals surface area contributed by atoms with Gasteiger partial charge in [-0.25, -0.2) is 0 Å². The smallest absolute Gasteiger partial charge is 0.150 e. The molecule has 0 N–H and O–H groups in total. The largest absolute Gasteiger partial charge is 0.457 e. The summed E-state index contributed by atoms with van der Waals surface area (Å²) >= 11 is 0. The molecular weight excluding hydrogens is 2940 g/mol. The molecule has 0 aliphatic carbocycles. The number of hydrogen-bond acceptors (Lipinski definition) is 12. The van der Waals surface area contributed by atoms with Gasteiger partial charge in [-0.1, -0.05) is 233 Å². The molecule has 144 heavy (non-hydrogen) atoms. The number of aromatic nitrogens is 6. The topological polar surface area (TPSA) is 156 Å². The molecule has 0 saturated heterocycles. The third-order valence-corrected chi connectivity index (χ3v) is 36.5. The van der Waals surface area contributed by atoms with Crippen LogP contribution in [0.3, 0.4) is 0 Å². The van der Waals surface area contributed by atoms with E-state index < -0.39 is 48.4 Å². The Bertz CT molecular complexity index is 8480. The summed E-state index contributed by atoms with van der Waals surface area (Å²) < 4.78 is 36.2. The van der Waals surface area contributed by atoms with Crippen molar-refractivity contribution in [3.05, 3.63) is 365 Å². The van der Waals surface area contributed by atoms with E-state index in [0.29, 0.717) is 0 Å². The number of furan rings is 6. The molecule has 0 atom stereocenters. The average Bonchev–Trinajstić information content (AvgIpc) is 1.66. The van der Waals surface area contributed by atoms with Crippen LogP contribution < -0.4 is 31.4 Å². The summed E-state index contributed by atoms with van der Waals surface area (Å²) in [4.78, 5) is 28.6. The predicted molar refractivity (Wildman–Crippen MR) is 593 cm³/mol. The van der Waals surface area contributed by atoms with Crippen molar-refractivity contribution in [2.45, 2.75) is 118 Å². The Morgan fingerprint density at radius 3 is 1.07 bits per heavy atom. The molecule has 12 nitrogen and oxygen atoms in total. The second-order valence-corrected chi connectivity index (χ2v) is 71.4. The summed E-state index contributed by atoms with van der Waals surface area (Å²) in [5.74, 6) is 0. The zero-order valence-electron chi connectivity index (χ0n) is 83.3. The first-order valence-electron chi connectivity index (χ1n) is 47.0. The molecule has 738 valence electrons. The predicted octanol–water partition coefficient (Wildman–Crippen LogP) is 29.9. The maximum Gasteiger partial charge on any atom is 0.150 e. The molecule has 0 bridgehead atoms. The molecule has 12 aromatic carbocycles. The Labute approximate surface area is 928 Å². The quantitative estimate of drug-likeness (QED) is 0.0844. The summed E-state index contributed by atoms with van der Waals surface area (Å²) in [5, 5.41) is 21.1. The zero-order chi connectivity index (χ0) is 96.2. The molecule has 24 aromatic rings. The number of nitrogens with zero attached hydrogens (tertiary/aromatic N) is 6. The second kappa shape index (κ2) is 45.9. The third kappa shape index (κ3) is 23.5. The summed E-state index contributed by atoms with van der Waals surface area (Å²) in [5.41, 5.74) is 22.9. The fourth-order valence-corrected chi connectivity index (χ4v) is 24.9. The Morgan fingerprint density at radius 2 is 0.632 bits per heavy atom. The summed E-state index contributed by atoms with van der Waals surface area (Å²) in [7, 11) is -8.78. The van der Waals surface area contributed by atoms with E-state index in [4.69, 9.17) is 41.5 Å². The van der Waals surface area contributed by atoms with Crippen LogP contribution in [0, 0.1) is 36.4 Å². The van der Waals surface area contributed by atoms with E-state index in [-0.39, 0.29) is 121 Å². The minimum atomic E-state index is -1.64. The molecule has 0 spiro atoms. The van der Waals surface area contributed by atoms with Gasteiger partial charge in [0, 0.05) is 232 Å². The van der Waals surface area contributed by atoms with Crippen molar-refractivity contribution >= 4 is 211 Å². The normalized spacial score (nSPS) is 11.6. The molecule has 0 saturated carbocycles. The molecule has 24 rings (SSSR count). The average molecular weight is 3050 g/mol. The van der Waals surface area contributed by atoms with Crippen LogP contribution in [-0.4, -0.2) is 78.3 Å². The number of fused-ring (bicyclic) bond motifs is 18. The van der Waals surface area contributed by atoms with Crippen LogP contribution in [0.15, 0.2) is 355 Å². The van der Waals surface area contributed by atoms with E-state index in [1.165, 1.54) is 20.7 Å². The van der Waals surface area contributed by atoms with Gasteiger partial charge in [0.2, 0.25) is 0 Å². The second-order valence-electron chi connectivity index (χ2n) is 41.2. The van der Waals surface area contributed by atoms with Crippen LogP contribution in [0.4, 0.5) is 0 Å². The van der Waals surface area contributed by atoms with Crippen LogP contribution in [-0.2, 0) is 121 Å². The first-order valence-corrected chi connectivity index (χ1v) is 68.0. The molecule has 0 aliphatic rings. The van der Waals surface area contributed by atoms with E-state index in [1.807, 2.05) is 195 Å². The van der Waals surface area contributed by atoms with E-state index in [2.05, 4.69) is 297 Å². The molecule has 12 aromatic heterocycles. The monoisotopic (exact) mass is 3050 g/mol. The molecule has 0 fully saturated rings. The van der Waals surface area contributed by atoms with Crippen molar-refractivity contribution in [3.63, 3.8) is 0 Å². The molecule has 24 heteroatoms. The van der Waals surface area contributed by atoms with Gasteiger partial charge >= 0.3 is 0 Å². The van der Waals surface area contributed by atoms with Gasteiger partial charge in [0.15, 0.2) is 5.58 Å². The molecule has 12 heterocycles. The maximum atomic E-state index is 6.16. The molecule has 0 amide bonds. The number of rotatable bonds is 12. The Hall–Kier alpha value is -10.5. The van der Waals surface area contributed by atoms with Crippen molar-refractivity contribution in [2.75, 3.05) is 0 Å². The van der Waals surface area contributed by atoms with Crippen molar-refractivity contribution in [1.29, 1.82) is 0 Å².